The Morgan fingerprint density at radius 2 is 2.18 bits per heavy atom. The van der Waals surface area contributed by atoms with Crippen LogP contribution in [0.1, 0.15) is 12.5 Å². The van der Waals surface area contributed by atoms with E-state index in [4.69, 9.17) is 11.6 Å². The Balaban J connectivity index is 3.12. The summed E-state index contributed by atoms with van der Waals surface area (Å²) in [5.41, 5.74) is 1.20. The van der Waals surface area contributed by atoms with Crippen molar-refractivity contribution in [3.8, 4) is 0 Å². The summed E-state index contributed by atoms with van der Waals surface area (Å²) >= 11 is 5.89. The highest BCUT2D eigenvalue weighted by molar-refractivity contribution is 6.28. The fraction of sp³-hybridized carbons (Fsp3) is 0.222. The summed E-state index contributed by atoms with van der Waals surface area (Å²) in [4.78, 5) is 0. The van der Waals surface area contributed by atoms with E-state index in [1.807, 2.05) is 49.0 Å². The number of allylic oxidation sites excluding steroid dienone is 1. The molecule has 0 saturated heterocycles. The number of hydrogen-bond acceptors (Lipinski definition) is 0. The first-order valence-corrected chi connectivity index (χ1v) is 3.92. The first-order valence-electron chi connectivity index (χ1n) is 3.54. The van der Waals surface area contributed by atoms with Crippen molar-refractivity contribution in [2.45, 2.75) is 13.8 Å². The Kier molecular flexibility index (Phi) is 2.66. The minimum atomic E-state index is 0.730. The molecule has 0 amide bonds. The van der Waals surface area contributed by atoms with E-state index >= 15 is 0 Å². The largest absolute Gasteiger partial charge is 0.280 e. The third kappa shape index (κ3) is 2.05. The lowest BCUT2D eigenvalue weighted by Crippen LogP contribution is -2.26. The molecule has 0 N–H and O–H groups in total. The highest BCUT2D eigenvalue weighted by Gasteiger charge is 2.02. The molecule has 1 rings (SSSR count). The number of hydrogen-bond donors (Lipinski definition) is 0. The summed E-state index contributed by atoms with van der Waals surface area (Å²) in [5, 5.41) is 0.730. The maximum atomic E-state index is 5.89. The van der Waals surface area contributed by atoms with E-state index in [0.29, 0.717) is 0 Å². The Hall–Kier alpha value is -0.820. The van der Waals surface area contributed by atoms with Crippen LogP contribution in [0.2, 0.25) is 5.15 Å². The predicted octanol–water partition coefficient (Wildman–Crippen LogP) is 2.43. The number of nitrogens with zero attached hydrogens (tertiary/aromatic N) is 1. The topological polar surface area (TPSA) is 3.88 Å². The van der Waals surface area contributed by atoms with E-state index < -0.39 is 0 Å². The quantitative estimate of drug-likeness (QED) is 0.448. The molecular formula is C9H11ClN+. The van der Waals surface area contributed by atoms with Gasteiger partial charge in [0.05, 0.1) is 0 Å². The Labute approximate surface area is 71.9 Å². The van der Waals surface area contributed by atoms with Gasteiger partial charge in [-0.3, -0.25) is 0 Å². The maximum Gasteiger partial charge on any atom is 0.280 e. The molecule has 1 aromatic heterocycles. The molecule has 1 nitrogen and oxygen atoms in total. The zero-order valence-electron chi connectivity index (χ0n) is 6.71. The lowest BCUT2D eigenvalue weighted by atomic mass is 10.3. The van der Waals surface area contributed by atoms with Crippen molar-refractivity contribution in [1.82, 2.24) is 0 Å². The second kappa shape index (κ2) is 3.54. The SMILES string of the molecule is CC=C[n+]1cc(C)ccc1Cl. The molecule has 0 radical (unpaired) electrons. The first-order chi connectivity index (χ1) is 5.24. The Morgan fingerprint density at radius 3 is 2.82 bits per heavy atom. The number of pyridine rings is 1. The molecule has 1 aromatic rings. The highest BCUT2D eigenvalue weighted by atomic mass is 35.5. The standard InChI is InChI=1S/C9H11ClN/c1-3-6-11-7-8(2)4-5-9(11)10/h3-7H,1-2H3/q+1. The van der Waals surface area contributed by atoms with Gasteiger partial charge in [0.1, 0.15) is 0 Å². The molecule has 58 valence electrons. The molecular weight excluding hydrogens is 158 g/mol. The fourth-order valence-electron chi connectivity index (χ4n) is 0.885. The minimum Gasteiger partial charge on any atom is -0.157 e. The molecule has 0 saturated carbocycles. The van der Waals surface area contributed by atoms with Crippen LogP contribution in [-0.2, 0) is 0 Å². The molecule has 0 aliphatic carbocycles. The van der Waals surface area contributed by atoms with E-state index in [-0.39, 0.29) is 0 Å². The number of aromatic nitrogens is 1. The van der Waals surface area contributed by atoms with Crippen LogP contribution in [0.25, 0.3) is 6.20 Å². The van der Waals surface area contributed by atoms with Crippen LogP contribution < -0.4 is 4.57 Å². The molecule has 0 spiro atoms. The summed E-state index contributed by atoms with van der Waals surface area (Å²) in [7, 11) is 0. The number of aryl methyl sites for hydroxylation is 1. The Morgan fingerprint density at radius 1 is 1.45 bits per heavy atom. The van der Waals surface area contributed by atoms with E-state index in [9.17, 15) is 0 Å². The van der Waals surface area contributed by atoms with Gasteiger partial charge in [-0.15, -0.1) is 0 Å². The van der Waals surface area contributed by atoms with Gasteiger partial charge in [0.15, 0.2) is 12.4 Å². The fourth-order valence-corrected chi connectivity index (χ4v) is 1.05. The van der Waals surface area contributed by atoms with Crippen LogP contribution in [0.5, 0.6) is 0 Å². The van der Waals surface area contributed by atoms with Gasteiger partial charge < -0.3 is 0 Å². The second-order valence-electron chi connectivity index (χ2n) is 2.42. The van der Waals surface area contributed by atoms with Gasteiger partial charge in [0, 0.05) is 11.6 Å². The first kappa shape index (κ1) is 8.28. The van der Waals surface area contributed by atoms with Crippen LogP contribution in [0.4, 0.5) is 0 Å². The van der Waals surface area contributed by atoms with Crippen LogP contribution in [-0.4, -0.2) is 0 Å². The van der Waals surface area contributed by atoms with Crippen molar-refractivity contribution in [3.63, 3.8) is 0 Å². The van der Waals surface area contributed by atoms with Gasteiger partial charge in [0.2, 0.25) is 0 Å². The maximum absolute atomic E-state index is 5.89. The monoisotopic (exact) mass is 168 g/mol. The highest BCUT2D eigenvalue weighted by Crippen LogP contribution is 2.02. The van der Waals surface area contributed by atoms with Crippen LogP contribution in [0.15, 0.2) is 24.4 Å². The minimum absolute atomic E-state index is 0.730. The average Bonchev–Trinajstić information content (AvgIpc) is 1.98. The molecule has 0 bridgehead atoms. The van der Waals surface area contributed by atoms with E-state index in [1.165, 1.54) is 5.56 Å². The number of halogens is 1. The average molecular weight is 169 g/mol. The molecule has 0 unspecified atom stereocenters. The van der Waals surface area contributed by atoms with E-state index in [2.05, 4.69) is 0 Å². The van der Waals surface area contributed by atoms with Gasteiger partial charge in [-0.05, 0) is 37.6 Å². The van der Waals surface area contributed by atoms with Crippen molar-refractivity contribution < 1.29 is 4.57 Å². The van der Waals surface area contributed by atoms with Crippen molar-refractivity contribution >= 4 is 17.8 Å². The Bertz CT molecular complexity index is 279. The molecule has 0 aliphatic heterocycles. The molecule has 0 aliphatic rings. The van der Waals surface area contributed by atoms with Gasteiger partial charge in [0.25, 0.3) is 5.15 Å². The van der Waals surface area contributed by atoms with E-state index in [1.54, 1.807) is 0 Å². The zero-order chi connectivity index (χ0) is 8.27. The van der Waals surface area contributed by atoms with Crippen molar-refractivity contribution in [1.29, 1.82) is 0 Å². The van der Waals surface area contributed by atoms with Gasteiger partial charge in [-0.2, -0.15) is 4.57 Å². The lowest BCUT2D eigenvalue weighted by molar-refractivity contribution is -0.566. The third-order valence-corrected chi connectivity index (χ3v) is 1.70. The summed E-state index contributed by atoms with van der Waals surface area (Å²) in [6.45, 7) is 4.00. The predicted molar refractivity (Wildman–Crippen MR) is 47.4 cm³/mol. The molecule has 0 atom stereocenters. The zero-order valence-corrected chi connectivity index (χ0v) is 7.47. The van der Waals surface area contributed by atoms with Crippen LogP contribution in [0.3, 0.4) is 0 Å². The summed E-state index contributed by atoms with van der Waals surface area (Å²) in [6.07, 6.45) is 5.86. The normalized spacial score (nSPS) is 10.8. The van der Waals surface area contributed by atoms with Gasteiger partial charge in [-0.1, -0.05) is 0 Å². The van der Waals surface area contributed by atoms with E-state index in [0.717, 1.165) is 5.15 Å². The summed E-state index contributed by atoms with van der Waals surface area (Å²) < 4.78 is 1.89. The van der Waals surface area contributed by atoms with Crippen molar-refractivity contribution in [3.05, 3.63) is 35.1 Å². The van der Waals surface area contributed by atoms with Crippen LogP contribution >= 0.6 is 11.6 Å². The summed E-state index contributed by atoms with van der Waals surface area (Å²) in [5.74, 6) is 0. The summed E-state index contributed by atoms with van der Waals surface area (Å²) in [6, 6.07) is 3.87. The van der Waals surface area contributed by atoms with Gasteiger partial charge in [-0.25, -0.2) is 0 Å². The molecule has 2 heteroatoms. The molecule has 0 aromatic carbocycles. The molecule has 11 heavy (non-hydrogen) atoms. The smallest absolute Gasteiger partial charge is 0.157 e. The van der Waals surface area contributed by atoms with Crippen LogP contribution in [0, 0.1) is 6.92 Å². The molecule has 1 heterocycles. The lowest BCUT2D eigenvalue weighted by Gasteiger charge is -1.91. The second-order valence-corrected chi connectivity index (χ2v) is 2.81. The molecule has 0 fully saturated rings. The van der Waals surface area contributed by atoms with Gasteiger partial charge >= 0.3 is 0 Å². The third-order valence-electron chi connectivity index (χ3n) is 1.38. The van der Waals surface area contributed by atoms with Crippen molar-refractivity contribution in [2.75, 3.05) is 0 Å². The number of rotatable bonds is 1. The van der Waals surface area contributed by atoms with Crippen molar-refractivity contribution in [2.24, 2.45) is 0 Å².